The highest BCUT2D eigenvalue weighted by Crippen LogP contribution is 2.35. The molecule has 0 heterocycles. The van der Waals surface area contributed by atoms with Gasteiger partial charge >= 0.3 is 0 Å². The maximum atomic E-state index is 9.80. The molecule has 1 aliphatic rings. The summed E-state index contributed by atoms with van der Waals surface area (Å²) in [6.07, 6.45) is 3.16. The van der Waals surface area contributed by atoms with Crippen LogP contribution in [0.4, 0.5) is 0 Å². The van der Waals surface area contributed by atoms with Crippen molar-refractivity contribution in [1.82, 2.24) is 0 Å². The summed E-state index contributed by atoms with van der Waals surface area (Å²) in [4.78, 5) is 0. The largest absolute Gasteiger partial charge is 0.392 e. The van der Waals surface area contributed by atoms with Gasteiger partial charge in [0, 0.05) is 5.92 Å². The lowest BCUT2D eigenvalue weighted by atomic mass is 9.93. The van der Waals surface area contributed by atoms with Crippen LogP contribution < -0.4 is 0 Å². The Labute approximate surface area is 85.8 Å². The Morgan fingerprint density at radius 1 is 1.14 bits per heavy atom. The Hall–Kier alpha value is -0.820. The zero-order valence-corrected chi connectivity index (χ0v) is 8.96. The quantitative estimate of drug-likeness (QED) is 0.722. The van der Waals surface area contributed by atoms with E-state index < -0.39 is 0 Å². The summed E-state index contributed by atoms with van der Waals surface area (Å²) < 4.78 is 0. The zero-order valence-electron chi connectivity index (χ0n) is 8.96. The van der Waals surface area contributed by atoms with E-state index in [-0.39, 0.29) is 6.10 Å². The maximum Gasteiger partial charge on any atom is 0.0608 e. The fourth-order valence-corrected chi connectivity index (χ4v) is 2.32. The molecule has 0 radical (unpaired) electrons. The van der Waals surface area contributed by atoms with Crippen molar-refractivity contribution < 1.29 is 5.11 Å². The molecule has 1 aliphatic carbocycles. The first kappa shape index (κ1) is 9.72. The van der Waals surface area contributed by atoms with Crippen molar-refractivity contribution in [3.8, 4) is 0 Å². The van der Waals surface area contributed by atoms with E-state index in [1.807, 2.05) is 0 Å². The van der Waals surface area contributed by atoms with Gasteiger partial charge in [-0.25, -0.2) is 0 Å². The first-order chi connectivity index (χ1) is 6.68. The molecule has 0 aliphatic heterocycles. The van der Waals surface area contributed by atoms with Crippen molar-refractivity contribution in [3.05, 3.63) is 34.9 Å². The molecule has 1 aromatic rings. The Morgan fingerprint density at radius 2 is 1.93 bits per heavy atom. The Kier molecular flexibility index (Phi) is 2.60. The second-order valence-corrected chi connectivity index (χ2v) is 4.45. The van der Waals surface area contributed by atoms with E-state index >= 15 is 0 Å². The van der Waals surface area contributed by atoms with Gasteiger partial charge in [0.2, 0.25) is 0 Å². The molecule has 2 rings (SSSR count). The molecule has 1 saturated carbocycles. The first-order valence-corrected chi connectivity index (χ1v) is 5.43. The summed E-state index contributed by atoms with van der Waals surface area (Å²) in [5.41, 5.74) is 3.99. The minimum atomic E-state index is -0.114. The van der Waals surface area contributed by atoms with Gasteiger partial charge in [-0.2, -0.15) is 0 Å². The molecule has 14 heavy (non-hydrogen) atoms. The molecule has 0 amide bonds. The molecule has 1 heteroatoms. The van der Waals surface area contributed by atoms with Crippen molar-refractivity contribution in [2.24, 2.45) is 0 Å². The number of aryl methyl sites for hydroxylation is 2. The van der Waals surface area contributed by atoms with E-state index in [1.54, 1.807) is 0 Å². The monoisotopic (exact) mass is 190 g/mol. The molecule has 76 valence electrons. The molecular weight excluding hydrogens is 172 g/mol. The third kappa shape index (κ3) is 1.69. The summed E-state index contributed by atoms with van der Waals surface area (Å²) in [5.74, 6) is 0.384. The lowest BCUT2D eigenvalue weighted by Gasteiger charge is -2.15. The Morgan fingerprint density at radius 3 is 2.50 bits per heavy atom. The molecule has 0 aromatic heterocycles. The number of aliphatic hydroxyl groups excluding tert-OH is 1. The molecular formula is C13H18O. The number of hydrogen-bond acceptors (Lipinski definition) is 1. The van der Waals surface area contributed by atoms with Crippen LogP contribution in [-0.4, -0.2) is 11.2 Å². The molecule has 0 spiro atoms. The van der Waals surface area contributed by atoms with Gasteiger partial charge in [-0.1, -0.05) is 24.6 Å². The third-order valence-electron chi connectivity index (χ3n) is 3.44. The third-order valence-corrected chi connectivity index (χ3v) is 3.44. The summed E-state index contributed by atoms with van der Waals surface area (Å²) in [5, 5.41) is 9.80. The van der Waals surface area contributed by atoms with Crippen molar-refractivity contribution in [1.29, 1.82) is 0 Å². The van der Waals surface area contributed by atoms with Crippen LogP contribution in [0.2, 0.25) is 0 Å². The van der Waals surface area contributed by atoms with Crippen LogP contribution in [0.3, 0.4) is 0 Å². The fraction of sp³-hybridized carbons (Fsp3) is 0.538. The lowest BCUT2D eigenvalue weighted by Crippen LogP contribution is -2.11. The minimum absolute atomic E-state index is 0.114. The molecule has 0 bridgehead atoms. The van der Waals surface area contributed by atoms with Crippen LogP contribution in [0.15, 0.2) is 18.2 Å². The predicted octanol–water partition coefficient (Wildman–Crippen LogP) is 2.93. The van der Waals surface area contributed by atoms with Gasteiger partial charge in [-0.05, 0) is 43.4 Å². The van der Waals surface area contributed by atoms with E-state index in [0.717, 1.165) is 12.8 Å². The average Bonchev–Trinajstić information content (AvgIpc) is 2.57. The van der Waals surface area contributed by atoms with Gasteiger partial charge in [-0.3, -0.25) is 0 Å². The van der Waals surface area contributed by atoms with Gasteiger partial charge in [0.05, 0.1) is 6.10 Å². The molecule has 1 fully saturated rings. The average molecular weight is 190 g/mol. The van der Waals surface area contributed by atoms with E-state index in [0.29, 0.717) is 5.92 Å². The van der Waals surface area contributed by atoms with Crippen molar-refractivity contribution in [3.63, 3.8) is 0 Å². The number of hydrogen-bond donors (Lipinski definition) is 1. The maximum absolute atomic E-state index is 9.80. The Bertz CT molecular complexity index is 330. The van der Waals surface area contributed by atoms with Gasteiger partial charge in [0.15, 0.2) is 0 Å². The smallest absolute Gasteiger partial charge is 0.0608 e. The van der Waals surface area contributed by atoms with E-state index in [1.165, 1.54) is 23.1 Å². The highest BCUT2D eigenvalue weighted by Gasteiger charge is 2.26. The summed E-state index contributed by atoms with van der Waals surface area (Å²) >= 11 is 0. The number of aliphatic hydroxyl groups is 1. The topological polar surface area (TPSA) is 20.2 Å². The molecule has 0 saturated heterocycles. The van der Waals surface area contributed by atoms with Crippen LogP contribution in [0.25, 0.3) is 0 Å². The van der Waals surface area contributed by atoms with Gasteiger partial charge in [-0.15, -0.1) is 0 Å². The van der Waals surface area contributed by atoms with Gasteiger partial charge in [0.1, 0.15) is 0 Å². The number of rotatable bonds is 1. The van der Waals surface area contributed by atoms with Crippen LogP contribution in [0.1, 0.15) is 41.9 Å². The zero-order chi connectivity index (χ0) is 10.1. The summed E-state index contributed by atoms with van der Waals surface area (Å²) in [6.45, 7) is 4.27. The Balaban J connectivity index is 2.28. The van der Waals surface area contributed by atoms with E-state index in [2.05, 4.69) is 32.0 Å². The highest BCUT2D eigenvalue weighted by molar-refractivity contribution is 5.32. The van der Waals surface area contributed by atoms with Crippen molar-refractivity contribution >= 4 is 0 Å². The second kappa shape index (κ2) is 3.74. The normalized spacial score (nSPS) is 26.8. The highest BCUT2D eigenvalue weighted by atomic mass is 16.3. The summed E-state index contributed by atoms with van der Waals surface area (Å²) in [6, 6.07) is 6.56. The SMILES string of the molecule is Cc1ccc(C2CCCC2O)cc1C. The van der Waals surface area contributed by atoms with Gasteiger partial charge in [0.25, 0.3) is 0 Å². The standard InChI is InChI=1S/C13H18O/c1-9-6-7-11(8-10(9)2)12-4-3-5-13(12)14/h6-8,12-14H,3-5H2,1-2H3. The van der Waals surface area contributed by atoms with E-state index in [9.17, 15) is 5.11 Å². The molecule has 2 atom stereocenters. The fourth-order valence-electron chi connectivity index (χ4n) is 2.32. The van der Waals surface area contributed by atoms with Crippen molar-refractivity contribution in [2.75, 3.05) is 0 Å². The molecule has 2 unspecified atom stereocenters. The van der Waals surface area contributed by atoms with Crippen LogP contribution >= 0.6 is 0 Å². The van der Waals surface area contributed by atoms with E-state index in [4.69, 9.17) is 0 Å². The van der Waals surface area contributed by atoms with Crippen LogP contribution in [0, 0.1) is 13.8 Å². The molecule has 1 N–H and O–H groups in total. The van der Waals surface area contributed by atoms with Crippen LogP contribution in [-0.2, 0) is 0 Å². The van der Waals surface area contributed by atoms with Crippen LogP contribution in [0.5, 0.6) is 0 Å². The summed E-state index contributed by atoms with van der Waals surface area (Å²) in [7, 11) is 0. The molecule has 1 nitrogen and oxygen atoms in total. The van der Waals surface area contributed by atoms with Gasteiger partial charge < -0.3 is 5.11 Å². The predicted molar refractivity (Wildman–Crippen MR) is 58.5 cm³/mol. The molecule has 1 aromatic carbocycles. The lowest BCUT2D eigenvalue weighted by molar-refractivity contribution is 0.164. The second-order valence-electron chi connectivity index (χ2n) is 4.45. The minimum Gasteiger partial charge on any atom is -0.392 e. The first-order valence-electron chi connectivity index (χ1n) is 5.43. The van der Waals surface area contributed by atoms with Crippen molar-refractivity contribution in [2.45, 2.75) is 45.1 Å². The number of benzene rings is 1.